The van der Waals surface area contributed by atoms with Crippen LogP contribution in [0.4, 0.5) is 0 Å². The predicted octanol–water partition coefficient (Wildman–Crippen LogP) is 1.12. The van der Waals surface area contributed by atoms with E-state index >= 15 is 0 Å². The minimum Gasteiger partial charge on any atom is -0.368 e. The zero-order valence-corrected chi connectivity index (χ0v) is 8.32. The van der Waals surface area contributed by atoms with E-state index in [0.29, 0.717) is 5.56 Å². The van der Waals surface area contributed by atoms with Gasteiger partial charge in [0, 0.05) is 5.56 Å². The van der Waals surface area contributed by atoms with E-state index in [-0.39, 0.29) is 5.78 Å². The van der Waals surface area contributed by atoms with E-state index < -0.39 is 10.7 Å². The molecule has 0 saturated heterocycles. The minimum absolute atomic E-state index is 0.312. The molecule has 68 valence electrons. The molecule has 2 N–H and O–H groups in total. The SMILES string of the molecule is NC(=O)C(Br)C(=O)c1ccccc1. The maximum Gasteiger partial charge on any atom is 0.239 e. The number of halogens is 1. The molecule has 0 saturated carbocycles. The van der Waals surface area contributed by atoms with Gasteiger partial charge in [-0.25, -0.2) is 0 Å². The van der Waals surface area contributed by atoms with Gasteiger partial charge < -0.3 is 5.73 Å². The molecule has 1 atom stereocenters. The highest BCUT2D eigenvalue weighted by atomic mass is 79.9. The van der Waals surface area contributed by atoms with Crippen molar-refractivity contribution < 1.29 is 9.59 Å². The molecular weight excluding hydrogens is 234 g/mol. The van der Waals surface area contributed by atoms with Crippen LogP contribution in [-0.2, 0) is 4.79 Å². The third kappa shape index (κ3) is 2.39. The largest absolute Gasteiger partial charge is 0.368 e. The zero-order chi connectivity index (χ0) is 9.84. The van der Waals surface area contributed by atoms with Gasteiger partial charge in [0.25, 0.3) is 0 Å². The Morgan fingerprint density at radius 1 is 1.23 bits per heavy atom. The number of nitrogens with two attached hydrogens (primary N) is 1. The van der Waals surface area contributed by atoms with Crippen molar-refractivity contribution in [2.24, 2.45) is 5.73 Å². The van der Waals surface area contributed by atoms with Crippen LogP contribution in [0.5, 0.6) is 0 Å². The molecule has 0 spiro atoms. The topological polar surface area (TPSA) is 60.2 Å². The average Bonchev–Trinajstić information content (AvgIpc) is 2.17. The molecule has 1 aromatic carbocycles. The Morgan fingerprint density at radius 2 is 1.77 bits per heavy atom. The second-order valence-electron chi connectivity index (χ2n) is 2.50. The van der Waals surface area contributed by atoms with Crippen molar-refractivity contribution in [1.29, 1.82) is 0 Å². The van der Waals surface area contributed by atoms with Gasteiger partial charge in [0.05, 0.1) is 0 Å². The number of hydrogen-bond donors (Lipinski definition) is 1. The number of ketones is 1. The highest BCUT2D eigenvalue weighted by Crippen LogP contribution is 2.09. The van der Waals surface area contributed by atoms with Crippen LogP contribution in [0.1, 0.15) is 10.4 Å². The van der Waals surface area contributed by atoms with Gasteiger partial charge in [-0.05, 0) is 0 Å². The van der Waals surface area contributed by atoms with Crippen molar-refractivity contribution in [2.75, 3.05) is 0 Å². The molecule has 0 fully saturated rings. The van der Waals surface area contributed by atoms with E-state index in [1.807, 2.05) is 0 Å². The Bertz CT molecular complexity index is 324. The molecule has 1 rings (SSSR count). The van der Waals surface area contributed by atoms with Gasteiger partial charge in [0.2, 0.25) is 5.91 Å². The Balaban J connectivity index is 2.86. The normalized spacial score (nSPS) is 12.1. The fourth-order valence-corrected chi connectivity index (χ4v) is 1.14. The highest BCUT2D eigenvalue weighted by molar-refractivity contribution is 9.10. The minimum atomic E-state index is -0.935. The van der Waals surface area contributed by atoms with E-state index in [9.17, 15) is 9.59 Å². The monoisotopic (exact) mass is 241 g/mol. The molecule has 0 aliphatic heterocycles. The lowest BCUT2D eigenvalue weighted by molar-refractivity contribution is -0.116. The van der Waals surface area contributed by atoms with Gasteiger partial charge in [0.1, 0.15) is 0 Å². The highest BCUT2D eigenvalue weighted by Gasteiger charge is 2.21. The Labute approximate surface area is 84.1 Å². The van der Waals surface area contributed by atoms with Gasteiger partial charge in [-0.1, -0.05) is 46.3 Å². The molecule has 3 nitrogen and oxygen atoms in total. The van der Waals surface area contributed by atoms with Crippen LogP contribution in [0.3, 0.4) is 0 Å². The summed E-state index contributed by atoms with van der Waals surface area (Å²) >= 11 is 2.92. The molecular formula is C9H8BrNO2. The fourth-order valence-electron chi connectivity index (χ4n) is 0.878. The average molecular weight is 242 g/mol. The number of benzene rings is 1. The summed E-state index contributed by atoms with van der Waals surface area (Å²) in [5, 5.41) is 0. The summed E-state index contributed by atoms with van der Waals surface area (Å²) < 4.78 is 0. The lowest BCUT2D eigenvalue weighted by atomic mass is 10.1. The van der Waals surface area contributed by atoms with Crippen LogP contribution in [0.15, 0.2) is 30.3 Å². The third-order valence-electron chi connectivity index (χ3n) is 1.54. The Morgan fingerprint density at radius 3 is 2.23 bits per heavy atom. The molecule has 0 aliphatic carbocycles. The first-order valence-electron chi connectivity index (χ1n) is 3.65. The molecule has 0 radical (unpaired) electrons. The number of alkyl halides is 1. The summed E-state index contributed by atoms with van der Waals surface area (Å²) in [6, 6.07) is 8.53. The summed E-state index contributed by atoms with van der Waals surface area (Å²) in [6.07, 6.45) is 0. The molecule has 1 aromatic rings. The number of carbonyl (C=O) groups is 2. The van der Waals surface area contributed by atoms with Crippen LogP contribution in [-0.4, -0.2) is 16.5 Å². The summed E-state index contributed by atoms with van der Waals surface area (Å²) in [7, 11) is 0. The summed E-state index contributed by atoms with van der Waals surface area (Å²) in [5.41, 5.74) is 5.44. The molecule has 0 aliphatic rings. The number of rotatable bonds is 3. The van der Waals surface area contributed by atoms with Crippen LogP contribution >= 0.6 is 15.9 Å². The molecule has 1 amide bonds. The molecule has 1 unspecified atom stereocenters. The lowest BCUT2D eigenvalue weighted by Gasteiger charge is -2.03. The quantitative estimate of drug-likeness (QED) is 0.490. The Hall–Kier alpha value is -1.16. The lowest BCUT2D eigenvalue weighted by Crippen LogP contribution is -2.30. The number of carbonyl (C=O) groups excluding carboxylic acids is 2. The number of amides is 1. The van der Waals surface area contributed by atoms with E-state index in [4.69, 9.17) is 5.73 Å². The van der Waals surface area contributed by atoms with E-state index in [1.165, 1.54) is 0 Å². The van der Waals surface area contributed by atoms with Crippen molar-refractivity contribution in [3.63, 3.8) is 0 Å². The first-order chi connectivity index (χ1) is 6.13. The number of hydrogen-bond acceptors (Lipinski definition) is 2. The number of Topliss-reactive ketones (excluding diaryl/α,β-unsaturated/α-hetero) is 1. The van der Waals surface area contributed by atoms with Crippen molar-refractivity contribution in [3.8, 4) is 0 Å². The van der Waals surface area contributed by atoms with E-state index in [0.717, 1.165) is 0 Å². The second-order valence-corrected chi connectivity index (χ2v) is 3.41. The predicted molar refractivity (Wildman–Crippen MR) is 52.7 cm³/mol. The van der Waals surface area contributed by atoms with Gasteiger partial charge >= 0.3 is 0 Å². The van der Waals surface area contributed by atoms with Crippen molar-refractivity contribution in [1.82, 2.24) is 0 Å². The Kier molecular flexibility index (Phi) is 3.19. The van der Waals surface area contributed by atoms with Gasteiger partial charge in [-0.15, -0.1) is 0 Å². The first-order valence-corrected chi connectivity index (χ1v) is 4.57. The summed E-state index contributed by atoms with van der Waals surface area (Å²) in [4.78, 5) is 21.2. The molecule has 0 aromatic heterocycles. The standard InChI is InChI=1S/C9H8BrNO2/c10-7(9(11)13)8(12)6-4-2-1-3-5-6/h1-5,7H,(H2,11,13). The van der Waals surface area contributed by atoms with Crippen LogP contribution < -0.4 is 5.73 Å². The maximum atomic E-state index is 11.4. The van der Waals surface area contributed by atoms with Crippen molar-refractivity contribution in [3.05, 3.63) is 35.9 Å². The first kappa shape index (κ1) is 9.92. The van der Waals surface area contributed by atoms with Crippen LogP contribution in [0, 0.1) is 0 Å². The van der Waals surface area contributed by atoms with Crippen molar-refractivity contribution >= 4 is 27.6 Å². The van der Waals surface area contributed by atoms with Crippen LogP contribution in [0.25, 0.3) is 0 Å². The van der Waals surface area contributed by atoms with E-state index in [2.05, 4.69) is 15.9 Å². The van der Waals surface area contributed by atoms with Gasteiger partial charge in [-0.3, -0.25) is 9.59 Å². The number of primary amides is 1. The fraction of sp³-hybridized carbons (Fsp3) is 0.111. The maximum absolute atomic E-state index is 11.4. The molecule has 0 bridgehead atoms. The smallest absolute Gasteiger partial charge is 0.239 e. The zero-order valence-electron chi connectivity index (χ0n) is 6.74. The van der Waals surface area contributed by atoms with Crippen LogP contribution in [0.2, 0.25) is 0 Å². The molecule has 0 heterocycles. The summed E-state index contributed by atoms with van der Waals surface area (Å²) in [6.45, 7) is 0. The third-order valence-corrected chi connectivity index (χ3v) is 2.41. The second kappa shape index (κ2) is 4.18. The van der Waals surface area contributed by atoms with Crippen molar-refractivity contribution in [2.45, 2.75) is 4.83 Å². The molecule has 13 heavy (non-hydrogen) atoms. The van der Waals surface area contributed by atoms with Gasteiger partial charge in [-0.2, -0.15) is 0 Å². The van der Waals surface area contributed by atoms with Gasteiger partial charge in [0.15, 0.2) is 10.6 Å². The molecule has 4 heteroatoms. The summed E-state index contributed by atoms with van der Waals surface area (Å²) in [5.74, 6) is -0.984. The van der Waals surface area contributed by atoms with E-state index in [1.54, 1.807) is 30.3 Å².